The van der Waals surface area contributed by atoms with Gasteiger partial charge in [0, 0.05) is 44.8 Å². The van der Waals surface area contributed by atoms with Gasteiger partial charge in [-0.2, -0.15) is 0 Å². The number of nitrogens with zero attached hydrogens (tertiary/aromatic N) is 3. The van der Waals surface area contributed by atoms with Crippen molar-refractivity contribution in [3.05, 3.63) is 173 Å². The molecule has 4 nitrogen and oxygen atoms in total. The standard InChI is InChI=1S/C72H82BN3O/c1-66(2,3)46-25-31-51(32-26-46)74(52-33-27-47(28-34-52)67(4,5)6)53-43-59-62-60(44-53)76-64-56(71(16)37-21-22-38-72(71,76)17)41-50(70(13,14)15)42-57(64)73(62)65-63(55-40-49(69(10,11)12)30-36-61(55)77-65)75(59)58-35-29-48(68(7,8)9)39-54(58)45-23-19-18-20-24-45/h18-20,23-36,39-44H,21-22,37-38H2,1-17H3. The number of rotatable bonds is 5. The second-order valence-corrected chi connectivity index (χ2v) is 29.1. The highest BCUT2D eigenvalue weighted by Gasteiger charge is 2.62. The van der Waals surface area contributed by atoms with E-state index in [1.54, 1.807) is 0 Å². The molecular formula is C72H82BN3O. The molecule has 4 aliphatic rings. The zero-order valence-corrected chi connectivity index (χ0v) is 49.4. The van der Waals surface area contributed by atoms with Crippen LogP contribution in [0.1, 0.15) is 177 Å². The molecule has 2 atom stereocenters. The van der Waals surface area contributed by atoms with E-state index in [0.717, 1.165) is 57.9 Å². The first kappa shape index (κ1) is 51.3. The van der Waals surface area contributed by atoms with Crippen LogP contribution in [0.2, 0.25) is 0 Å². The Kier molecular flexibility index (Phi) is 11.3. The number of anilines is 8. The lowest BCUT2D eigenvalue weighted by atomic mass is 9.35. The Bertz CT molecular complexity index is 3580. The predicted octanol–water partition coefficient (Wildman–Crippen LogP) is 18.4. The summed E-state index contributed by atoms with van der Waals surface area (Å²) in [5.74, 6) is 0. The maximum absolute atomic E-state index is 7.65. The Labute approximate surface area is 462 Å². The third kappa shape index (κ3) is 7.97. The van der Waals surface area contributed by atoms with Crippen LogP contribution >= 0.6 is 0 Å². The summed E-state index contributed by atoms with van der Waals surface area (Å²) in [4.78, 5) is 8.08. The van der Waals surface area contributed by atoms with Crippen molar-refractivity contribution in [3.63, 3.8) is 0 Å². The fourth-order valence-electron chi connectivity index (χ4n) is 13.8. The molecule has 0 amide bonds. The topological polar surface area (TPSA) is 22.9 Å². The highest BCUT2D eigenvalue weighted by molar-refractivity contribution is 7.00. The van der Waals surface area contributed by atoms with Crippen LogP contribution in [0.25, 0.3) is 22.1 Å². The molecule has 1 aromatic heterocycles. The summed E-state index contributed by atoms with van der Waals surface area (Å²) >= 11 is 0. The Balaban J connectivity index is 1.26. The molecule has 0 bridgehead atoms. The van der Waals surface area contributed by atoms with Gasteiger partial charge in [-0.15, -0.1) is 0 Å². The van der Waals surface area contributed by atoms with Gasteiger partial charge in [-0.25, -0.2) is 0 Å². The summed E-state index contributed by atoms with van der Waals surface area (Å²) in [7, 11) is 0. The fraction of sp³-hybridized carbons (Fsp3) is 0.389. The Morgan fingerprint density at radius 3 is 1.60 bits per heavy atom. The lowest BCUT2D eigenvalue weighted by Crippen LogP contribution is -2.64. The van der Waals surface area contributed by atoms with E-state index in [0.29, 0.717) is 0 Å². The first-order chi connectivity index (χ1) is 36.1. The van der Waals surface area contributed by atoms with Gasteiger partial charge in [0.2, 0.25) is 0 Å². The minimum Gasteiger partial charge on any atom is -0.468 e. The van der Waals surface area contributed by atoms with E-state index in [-0.39, 0.29) is 44.7 Å². The number of benzene rings is 7. The number of fused-ring (bicyclic) bond motifs is 9. The van der Waals surface area contributed by atoms with Crippen molar-refractivity contribution >= 4 is 79.8 Å². The summed E-state index contributed by atoms with van der Waals surface area (Å²) in [5.41, 5.74) is 24.3. The molecule has 77 heavy (non-hydrogen) atoms. The van der Waals surface area contributed by atoms with Gasteiger partial charge >= 0.3 is 0 Å². The summed E-state index contributed by atoms with van der Waals surface area (Å²) in [6.07, 6.45) is 4.69. The molecule has 1 aliphatic carbocycles. The third-order valence-corrected chi connectivity index (χ3v) is 18.8. The predicted molar refractivity (Wildman–Crippen MR) is 332 cm³/mol. The molecule has 0 spiro atoms. The molecule has 0 N–H and O–H groups in total. The summed E-state index contributed by atoms with van der Waals surface area (Å²) < 4.78 is 7.65. The van der Waals surface area contributed by atoms with Gasteiger partial charge in [0.1, 0.15) is 5.58 Å². The van der Waals surface area contributed by atoms with Crippen LogP contribution in [0, 0.1) is 0 Å². The van der Waals surface area contributed by atoms with Crippen molar-refractivity contribution in [2.24, 2.45) is 0 Å². The quantitative estimate of drug-likeness (QED) is 0.160. The lowest BCUT2D eigenvalue weighted by molar-refractivity contribution is 0.195. The summed E-state index contributed by atoms with van der Waals surface area (Å²) in [5, 5.41) is 1.15. The van der Waals surface area contributed by atoms with Gasteiger partial charge in [-0.05, 0) is 157 Å². The molecule has 1 fully saturated rings. The van der Waals surface area contributed by atoms with E-state index in [4.69, 9.17) is 4.42 Å². The van der Waals surface area contributed by atoms with Crippen LogP contribution < -0.4 is 31.3 Å². The fourth-order valence-corrected chi connectivity index (χ4v) is 13.8. The molecule has 5 heteroatoms. The van der Waals surface area contributed by atoms with Crippen LogP contribution in [-0.4, -0.2) is 12.3 Å². The maximum atomic E-state index is 7.65. The monoisotopic (exact) mass is 1020 g/mol. The van der Waals surface area contributed by atoms with E-state index in [9.17, 15) is 0 Å². The van der Waals surface area contributed by atoms with Crippen molar-refractivity contribution in [2.45, 2.75) is 181 Å². The van der Waals surface area contributed by atoms with E-state index in [2.05, 4.69) is 272 Å². The molecule has 7 aromatic carbocycles. The van der Waals surface area contributed by atoms with Crippen LogP contribution in [0.4, 0.5) is 45.5 Å². The first-order valence-electron chi connectivity index (χ1n) is 28.8. The molecule has 12 rings (SSSR count). The van der Waals surface area contributed by atoms with Crippen LogP contribution in [0.15, 0.2) is 144 Å². The highest BCUT2D eigenvalue weighted by atomic mass is 16.3. The second-order valence-electron chi connectivity index (χ2n) is 29.1. The van der Waals surface area contributed by atoms with Gasteiger partial charge in [0.15, 0.2) is 0 Å². The molecule has 4 heterocycles. The SMILES string of the molecule is CC(C)(C)c1ccc(N(c2ccc(C(C)(C)C)cc2)c2cc3c4c(c2)N2c5c(cc(C(C)(C)C)cc5C5(C)CCCCC25C)B4c2oc4ccc(C(C)(C)C)cc4c2N3c2ccc(C(C)(C)C)cc2-c2ccccc2)cc1. The number of furan rings is 1. The Morgan fingerprint density at radius 1 is 0.481 bits per heavy atom. The van der Waals surface area contributed by atoms with Crippen molar-refractivity contribution in [3.8, 4) is 11.1 Å². The number of hydrogen-bond donors (Lipinski definition) is 0. The van der Waals surface area contributed by atoms with Crippen molar-refractivity contribution in [2.75, 3.05) is 14.7 Å². The summed E-state index contributed by atoms with van der Waals surface area (Å²) in [6, 6.07) is 54.6. The normalized spacial score (nSPS) is 19.1. The Morgan fingerprint density at radius 2 is 1.01 bits per heavy atom. The van der Waals surface area contributed by atoms with Gasteiger partial charge in [-0.1, -0.05) is 202 Å². The summed E-state index contributed by atoms with van der Waals surface area (Å²) in [6.45, 7) is 40.1. The average Bonchev–Trinajstić information content (AvgIpc) is 3.84. The Hall–Kier alpha value is -6.46. The minimum absolute atomic E-state index is 0.00987. The minimum atomic E-state index is -0.187. The third-order valence-electron chi connectivity index (χ3n) is 18.8. The molecule has 3 aliphatic heterocycles. The molecule has 0 saturated heterocycles. The zero-order valence-electron chi connectivity index (χ0n) is 49.4. The van der Waals surface area contributed by atoms with Gasteiger partial charge < -0.3 is 19.1 Å². The van der Waals surface area contributed by atoms with Gasteiger partial charge in [0.25, 0.3) is 6.71 Å². The highest BCUT2D eigenvalue weighted by Crippen LogP contribution is 2.63. The molecule has 8 aromatic rings. The second kappa shape index (κ2) is 17.0. The van der Waals surface area contributed by atoms with E-state index < -0.39 is 0 Å². The molecular weight excluding hydrogens is 934 g/mol. The van der Waals surface area contributed by atoms with Gasteiger partial charge in [0.05, 0.1) is 28.3 Å². The van der Waals surface area contributed by atoms with E-state index in [1.165, 1.54) is 85.3 Å². The van der Waals surface area contributed by atoms with E-state index >= 15 is 0 Å². The number of hydrogen-bond acceptors (Lipinski definition) is 4. The van der Waals surface area contributed by atoms with Crippen molar-refractivity contribution < 1.29 is 4.42 Å². The van der Waals surface area contributed by atoms with Crippen LogP contribution in [-0.2, 0) is 32.5 Å². The van der Waals surface area contributed by atoms with Crippen LogP contribution in [0.3, 0.4) is 0 Å². The smallest absolute Gasteiger partial charge is 0.297 e. The van der Waals surface area contributed by atoms with Crippen LogP contribution in [0.5, 0.6) is 0 Å². The maximum Gasteiger partial charge on any atom is 0.297 e. The average molecular weight is 1020 g/mol. The largest absolute Gasteiger partial charge is 0.468 e. The van der Waals surface area contributed by atoms with Gasteiger partial charge in [-0.3, -0.25) is 0 Å². The molecule has 2 unspecified atom stereocenters. The van der Waals surface area contributed by atoms with E-state index in [1.807, 2.05) is 0 Å². The van der Waals surface area contributed by atoms with Crippen molar-refractivity contribution in [1.82, 2.24) is 0 Å². The molecule has 394 valence electrons. The molecule has 1 saturated carbocycles. The lowest BCUT2D eigenvalue weighted by Gasteiger charge is -2.52. The first-order valence-corrected chi connectivity index (χ1v) is 28.8. The van der Waals surface area contributed by atoms with Crippen molar-refractivity contribution in [1.29, 1.82) is 0 Å². The molecule has 0 radical (unpaired) electrons. The zero-order chi connectivity index (χ0) is 54.7.